The van der Waals surface area contributed by atoms with Gasteiger partial charge in [-0.05, 0) is 26.0 Å². The third kappa shape index (κ3) is 3.00. The van der Waals surface area contributed by atoms with Crippen molar-refractivity contribution in [1.82, 2.24) is 20.0 Å². The maximum Gasteiger partial charge on any atom is 0.257 e. The van der Waals surface area contributed by atoms with E-state index in [1.54, 1.807) is 6.20 Å². The van der Waals surface area contributed by atoms with Crippen molar-refractivity contribution in [1.29, 1.82) is 0 Å². The Hall–Kier alpha value is -1.85. The molecule has 0 saturated carbocycles. The van der Waals surface area contributed by atoms with Gasteiger partial charge in [-0.1, -0.05) is 18.2 Å². The second-order valence-electron chi connectivity index (χ2n) is 5.44. The largest absolute Gasteiger partial charge is 0.333 e. The van der Waals surface area contributed by atoms with Crippen molar-refractivity contribution < 1.29 is 4.79 Å². The van der Waals surface area contributed by atoms with Crippen molar-refractivity contribution in [2.45, 2.75) is 19.9 Å². The molecule has 0 bridgehead atoms. The Morgan fingerprint density at radius 1 is 1.32 bits per heavy atom. The van der Waals surface area contributed by atoms with Crippen LogP contribution in [0, 0.1) is 6.92 Å². The van der Waals surface area contributed by atoms with Crippen LogP contribution in [0.5, 0.6) is 0 Å². The summed E-state index contributed by atoms with van der Waals surface area (Å²) < 4.78 is 1.82. The Morgan fingerprint density at radius 3 is 2.73 bits per heavy atom. The molecular formula is C16H21ClN4O. The summed E-state index contributed by atoms with van der Waals surface area (Å²) in [6.45, 7) is 6.45. The van der Waals surface area contributed by atoms with E-state index in [0.29, 0.717) is 5.56 Å². The van der Waals surface area contributed by atoms with Gasteiger partial charge in [-0.25, -0.2) is 4.68 Å². The predicted molar refractivity (Wildman–Crippen MR) is 88.9 cm³/mol. The lowest BCUT2D eigenvalue weighted by Crippen LogP contribution is -2.52. The molecule has 22 heavy (non-hydrogen) atoms. The van der Waals surface area contributed by atoms with Crippen LogP contribution in [0.15, 0.2) is 36.5 Å². The second kappa shape index (κ2) is 6.94. The number of carbonyl (C=O) groups excluding carboxylic acids is 1. The molecule has 6 heteroatoms. The highest BCUT2D eigenvalue weighted by Crippen LogP contribution is 2.17. The molecular weight excluding hydrogens is 300 g/mol. The zero-order valence-electron chi connectivity index (χ0n) is 12.8. The minimum atomic E-state index is 0. The number of benzene rings is 1. The normalized spacial score (nSPS) is 17.9. The topological polar surface area (TPSA) is 50.2 Å². The van der Waals surface area contributed by atoms with Gasteiger partial charge in [-0.3, -0.25) is 4.79 Å². The van der Waals surface area contributed by atoms with Gasteiger partial charge in [-0.2, -0.15) is 5.10 Å². The lowest BCUT2D eigenvalue weighted by Gasteiger charge is -2.33. The van der Waals surface area contributed by atoms with Crippen LogP contribution < -0.4 is 5.32 Å². The standard InChI is InChI=1S/C16H20N4O.ClH/c1-12-10-17-8-9-19(12)16(21)15-11-18-20(13(15)2)14-6-4-3-5-7-14;/h3-7,11-12,17H,8-10H2,1-2H3;1H/t12-;/m0./s1. The number of halogens is 1. The van der Waals surface area contributed by atoms with E-state index in [9.17, 15) is 4.79 Å². The first kappa shape index (κ1) is 16.5. The first-order valence-corrected chi connectivity index (χ1v) is 7.30. The smallest absolute Gasteiger partial charge is 0.257 e. The average molecular weight is 321 g/mol. The summed E-state index contributed by atoms with van der Waals surface area (Å²) in [6, 6.07) is 10.1. The van der Waals surface area contributed by atoms with E-state index in [4.69, 9.17) is 0 Å². The highest BCUT2D eigenvalue weighted by molar-refractivity contribution is 5.95. The molecule has 2 aromatic rings. The molecule has 2 heterocycles. The summed E-state index contributed by atoms with van der Waals surface area (Å²) in [5.41, 5.74) is 2.55. The molecule has 1 amide bonds. The fraction of sp³-hybridized carbons (Fsp3) is 0.375. The summed E-state index contributed by atoms with van der Waals surface area (Å²) in [7, 11) is 0. The van der Waals surface area contributed by atoms with Crippen molar-refractivity contribution in [3.8, 4) is 5.69 Å². The Balaban J connectivity index is 0.00000176. The van der Waals surface area contributed by atoms with E-state index >= 15 is 0 Å². The number of piperazine rings is 1. The van der Waals surface area contributed by atoms with E-state index < -0.39 is 0 Å². The number of para-hydroxylation sites is 1. The molecule has 1 aromatic carbocycles. The molecule has 1 N–H and O–H groups in total. The summed E-state index contributed by atoms with van der Waals surface area (Å²) in [4.78, 5) is 14.6. The van der Waals surface area contributed by atoms with Crippen LogP contribution in [-0.2, 0) is 0 Å². The molecule has 0 aliphatic carbocycles. The molecule has 5 nitrogen and oxygen atoms in total. The van der Waals surface area contributed by atoms with Gasteiger partial charge < -0.3 is 10.2 Å². The monoisotopic (exact) mass is 320 g/mol. The summed E-state index contributed by atoms with van der Waals surface area (Å²) in [5.74, 6) is 0.0729. The van der Waals surface area contributed by atoms with E-state index in [1.165, 1.54) is 0 Å². The van der Waals surface area contributed by atoms with E-state index in [1.807, 2.05) is 46.8 Å². The van der Waals surface area contributed by atoms with Crippen LogP contribution in [0.3, 0.4) is 0 Å². The fourth-order valence-electron chi connectivity index (χ4n) is 2.75. The second-order valence-corrected chi connectivity index (χ2v) is 5.44. The lowest BCUT2D eigenvalue weighted by atomic mass is 10.1. The number of carbonyl (C=O) groups is 1. The highest BCUT2D eigenvalue weighted by Gasteiger charge is 2.26. The number of nitrogens with zero attached hydrogens (tertiary/aromatic N) is 3. The van der Waals surface area contributed by atoms with Crippen LogP contribution in [-0.4, -0.2) is 46.3 Å². The minimum absolute atomic E-state index is 0. The predicted octanol–water partition coefficient (Wildman–Crippen LogP) is 2.04. The third-order valence-corrected chi connectivity index (χ3v) is 4.00. The van der Waals surface area contributed by atoms with Gasteiger partial charge in [0, 0.05) is 25.7 Å². The van der Waals surface area contributed by atoms with E-state index in [-0.39, 0.29) is 24.4 Å². The molecule has 1 fully saturated rings. The zero-order valence-corrected chi connectivity index (χ0v) is 13.6. The summed E-state index contributed by atoms with van der Waals surface area (Å²) in [5, 5.41) is 7.68. The molecule has 0 unspecified atom stereocenters. The van der Waals surface area contributed by atoms with Crippen LogP contribution in [0.4, 0.5) is 0 Å². The number of aromatic nitrogens is 2. The Kier molecular flexibility index (Phi) is 5.21. The number of hydrogen-bond donors (Lipinski definition) is 1. The molecule has 1 atom stereocenters. The van der Waals surface area contributed by atoms with Gasteiger partial charge in [0.15, 0.2) is 0 Å². The zero-order chi connectivity index (χ0) is 14.8. The molecule has 0 radical (unpaired) electrons. The number of amides is 1. The van der Waals surface area contributed by atoms with Gasteiger partial charge in [0.05, 0.1) is 23.1 Å². The molecule has 0 spiro atoms. The van der Waals surface area contributed by atoms with Crippen LogP contribution in [0.25, 0.3) is 5.69 Å². The quantitative estimate of drug-likeness (QED) is 0.921. The Morgan fingerprint density at radius 2 is 2.05 bits per heavy atom. The molecule has 1 aliphatic rings. The Labute approximate surface area is 136 Å². The molecule has 1 saturated heterocycles. The summed E-state index contributed by atoms with van der Waals surface area (Å²) in [6.07, 6.45) is 1.68. The van der Waals surface area contributed by atoms with Crippen LogP contribution in [0.1, 0.15) is 23.0 Å². The van der Waals surface area contributed by atoms with Crippen molar-refractivity contribution in [2.75, 3.05) is 19.6 Å². The molecule has 3 rings (SSSR count). The number of hydrogen-bond acceptors (Lipinski definition) is 3. The maximum absolute atomic E-state index is 12.7. The van der Waals surface area contributed by atoms with E-state index in [0.717, 1.165) is 31.0 Å². The lowest BCUT2D eigenvalue weighted by molar-refractivity contribution is 0.0655. The van der Waals surface area contributed by atoms with Crippen molar-refractivity contribution in [3.63, 3.8) is 0 Å². The van der Waals surface area contributed by atoms with Gasteiger partial charge in [0.2, 0.25) is 0 Å². The molecule has 118 valence electrons. The van der Waals surface area contributed by atoms with Crippen LogP contribution in [0.2, 0.25) is 0 Å². The van der Waals surface area contributed by atoms with E-state index in [2.05, 4.69) is 17.3 Å². The highest BCUT2D eigenvalue weighted by atomic mass is 35.5. The van der Waals surface area contributed by atoms with Crippen molar-refractivity contribution in [3.05, 3.63) is 47.8 Å². The summed E-state index contributed by atoms with van der Waals surface area (Å²) >= 11 is 0. The van der Waals surface area contributed by atoms with Gasteiger partial charge in [-0.15, -0.1) is 12.4 Å². The minimum Gasteiger partial charge on any atom is -0.333 e. The first-order chi connectivity index (χ1) is 10.2. The van der Waals surface area contributed by atoms with Gasteiger partial charge >= 0.3 is 0 Å². The maximum atomic E-state index is 12.7. The Bertz CT molecular complexity index is 641. The van der Waals surface area contributed by atoms with Crippen LogP contribution >= 0.6 is 12.4 Å². The third-order valence-electron chi connectivity index (χ3n) is 4.00. The van der Waals surface area contributed by atoms with Crippen molar-refractivity contribution >= 4 is 18.3 Å². The average Bonchev–Trinajstić information content (AvgIpc) is 2.90. The molecule has 1 aromatic heterocycles. The van der Waals surface area contributed by atoms with Crippen molar-refractivity contribution in [2.24, 2.45) is 0 Å². The SMILES string of the molecule is Cc1c(C(=O)N2CCNC[C@@H]2C)cnn1-c1ccccc1.Cl. The molecule has 1 aliphatic heterocycles. The number of rotatable bonds is 2. The number of nitrogens with one attached hydrogen (secondary N) is 1. The fourth-order valence-corrected chi connectivity index (χ4v) is 2.75. The van der Waals surface area contributed by atoms with Gasteiger partial charge in [0.25, 0.3) is 5.91 Å². The first-order valence-electron chi connectivity index (χ1n) is 7.30. The van der Waals surface area contributed by atoms with Gasteiger partial charge in [0.1, 0.15) is 0 Å².